The number of aromatic nitrogens is 1. The van der Waals surface area contributed by atoms with E-state index in [9.17, 15) is 4.79 Å². The first-order chi connectivity index (χ1) is 13.1. The van der Waals surface area contributed by atoms with Crippen molar-refractivity contribution in [3.05, 3.63) is 52.7 Å². The molecule has 2 heterocycles. The Morgan fingerprint density at radius 3 is 2.63 bits per heavy atom. The van der Waals surface area contributed by atoms with E-state index in [4.69, 9.17) is 13.9 Å². The lowest BCUT2D eigenvalue weighted by Crippen LogP contribution is -2.34. The predicted molar refractivity (Wildman–Crippen MR) is 103 cm³/mol. The number of nitrogens with one attached hydrogen (secondary N) is 2. The SMILES string of the molecule is COc1ccc(CNC(=O)NCc2sc(-c3ccco3)nc2C)cc1OC. The van der Waals surface area contributed by atoms with Crippen LogP contribution >= 0.6 is 11.3 Å². The smallest absolute Gasteiger partial charge is 0.315 e. The summed E-state index contributed by atoms with van der Waals surface area (Å²) in [5.74, 6) is 2.01. The monoisotopic (exact) mass is 387 g/mol. The first kappa shape index (κ1) is 18.8. The highest BCUT2D eigenvalue weighted by Crippen LogP contribution is 2.28. The van der Waals surface area contributed by atoms with Crippen LogP contribution in [0.15, 0.2) is 41.0 Å². The highest BCUT2D eigenvalue weighted by Gasteiger charge is 2.12. The van der Waals surface area contributed by atoms with Gasteiger partial charge in [0.25, 0.3) is 0 Å². The van der Waals surface area contributed by atoms with E-state index in [0.29, 0.717) is 24.6 Å². The van der Waals surface area contributed by atoms with Crippen LogP contribution in [0.2, 0.25) is 0 Å². The maximum absolute atomic E-state index is 12.1. The molecule has 0 spiro atoms. The largest absolute Gasteiger partial charge is 0.493 e. The van der Waals surface area contributed by atoms with Gasteiger partial charge in [-0.15, -0.1) is 11.3 Å². The van der Waals surface area contributed by atoms with Gasteiger partial charge in [0.15, 0.2) is 22.3 Å². The molecule has 0 aliphatic heterocycles. The Bertz CT molecular complexity index is 906. The molecular weight excluding hydrogens is 366 g/mol. The number of nitrogens with zero attached hydrogens (tertiary/aromatic N) is 1. The van der Waals surface area contributed by atoms with Crippen LogP contribution in [0.3, 0.4) is 0 Å². The van der Waals surface area contributed by atoms with Crippen molar-refractivity contribution < 1.29 is 18.7 Å². The second-order valence-electron chi connectivity index (χ2n) is 5.73. The Kier molecular flexibility index (Phi) is 5.97. The number of benzene rings is 1. The Balaban J connectivity index is 1.53. The van der Waals surface area contributed by atoms with Gasteiger partial charge < -0.3 is 24.5 Å². The van der Waals surface area contributed by atoms with Gasteiger partial charge in [-0.2, -0.15) is 0 Å². The van der Waals surface area contributed by atoms with E-state index in [0.717, 1.165) is 26.9 Å². The average Bonchev–Trinajstić information content (AvgIpc) is 3.34. The second kappa shape index (κ2) is 8.59. The van der Waals surface area contributed by atoms with Gasteiger partial charge in [0, 0.05) is 11.4 Å². The van der Waals surface area contributed by atoms with Gasteiger partial charge in [0.2, 0.25) is 0 Å². The summed E-state index contributed by atoms with van der Waals surface area (Å²) in [6.45, 7) is 2.70. The van der Waals surface area contributed by atoms with Crippen molar-refractivity contribution in [1.82, 2.24) is 15.6 Å². The summed E-state index contributed by atoms with van der Waals surface area (Å²) in [5.41, 5.74) is 1.79. The highest BCUT2D eigenvalue weighted by atomic mass is 32.1. The van der Waals surface area contributed by atoms with Crippen molar-refractivity contribution in [3.8, 4) is 22.3 Å². The second-order valence-corrected chi connectivity index (χ2v) is 6.81. The number of aryl methyl sites for hydroxylation is 1. The molecule has 2 N–H and O–H groups in total. The normalized spacial score (nSPS) is 10.5. The summed E-state index contributed by atoms with van der Waals surface area (Å²) in [4.78, 5) is 17.6. The number of ether oxygens (including phenoxy) is 2. The van der Waals surface area contributed by atoms with Crippen molar-refractivity contribution in [3.63, 3.8) is 0 Å². The molecule has 3 rings (SSSR count). The van der Waals surface area contributed by atoms with Crippen molar-refractivity contribution in [2.45, 2.75) is 20.0 Å². The molecule has 3 aromatic rings. The lowest BCUT2D eigenvalue weighted by Gasteiger charge is -2.11. The van der Waals surface area contributed by atoms with Crippen LogP contribution in [0.25, 0.3) is 10.8 Å². The molecule has 2 amide bonds. The first-order valence-corrected chi connectivity index (χ1v) is 9.15. The zero-order valence-corrected chi connectivity index (χ0v) is 16.2. The Morgan fingerprint density at radius 1 is 1.15 bits per heavy atom. The van der Waals surface area contributed by atoms with Crippen LogP contribution in [0.4, 0.5) is 4.79 Å². The number of thiazole rings is 1. The van der Waals surface area contributed by atoms with E-state index < -0.39 is 0 Å². The highest BCUT2D eigenvalue weighted by molar-refractivity contribution is 7.15. The molecule has 0 saturated carbocycles. The van der Waals surface area contributed by atoms with E-state index >= 15 is 0 Å². The van der Waals surface area contributed by atoms with Crippen LogP contribution in [0.5, 0.6) is 11.5 Å². The molecule has 8 heteroatoms. The third-order valence-corrected chi connectivity index (χ3v) is 5.11. The van der Waals surface area contributed by atoms with Gasteiger partial charge in [-0.05, 0) is 36.8 Å². The molecule has 142 valence electrons. The molecule has 0 saturated heterocycles. The summed E-state index contributed by atoms with van der Waals surface area (Å²) in [6.07, 6.45) is 1.62. The molecule has 0 aliphatic rings. The van der Waals surface area contributed by atoms with Crippen molar-refractivity contribution in [2.75, 3.05) is 14.2 Å². The first-order valence-electron chi connectivity index (χ1n) is 8.33. The fraction of sp³-hybridized carbons (Fsp3) is 0.263. The molecule has 2 aromatic heterocycles. The number of methoxy groups -OCH3 is 2. The third-order valence-electron chi connectivity index (χ3n) is 3.94. The van der Waals surface area contributed by atoms with Crippen molar-refractivity contribution in [2.24, 2.45) is 0 Å². The van der Waals surface area contributed by atoms with Gasteiger partial charge in [0.1, 0.15) is 0 Å². The minimum absolute atomic E-state index is 0.253. The molecular formula is C19H21N3O4S. The van der Waals surface area contributed by atoms with E-state index in [2.05, 4.69) is 15.6 Å². The lowest BCUT2D eigenvalue weighted by atomic mass is 10.2. The molecule has 0 unspecified atom stereocenters. The summed E-state index contributed by atoms with van der Waals surface area (Å²) in [7, 11) is 3.16. The Morgan fingerprint density at radius 2 is 1.93 bits per heavy atom. The standard InChI is InChI=1S/C19H21N3O4S/c1-12-17(27-18(22-12)15-5-4-8-26-15)11-21-19(23)20-10-13-6-7-14(24-2)16(9-13)25-3/h4-9H,10-11H2,1-3H3,(H2,20,21,23). The van der Waals surface area contributed by atoms with E-state index in [1.165, 1.54) is 11.3 Å². The van der Waals surface area contributed by atoms with Crippen molar-refractivity contribution in [1.29, 1.82) is 0 Å². The zero-order chi connectivity index (χ0) is 19.2. The number of carbonyl (C=O) groups is 1. The number of amides is 2. The summed E-state index contributed by atoms with van der Waals surface area (Å²) in [5, 5.41) is 6.49. The molecule has 0 fully saturated rings. The number of carbonyl (C=O) groups excluding carboxylic acids is 1. The van der Waals surface area contributed by atoms with Gasteiger partial charge in [-0.25, -0.2) is 9.78 Å². The van der Waals surface area contributed by atoms with Crippen LogP contribution < -0.4 is 20.1 Å². The summed E-state index contributed by atoms with van der Waals surface area (Å²) < 4.78 is 15.8. The maximum atomic E-state index is 12.1. The van der Waals surface area contributed by atoms with Gasteiger partial charge in [-0.3, -0.25) is 0 Å². The number of rotatable bonds is 7. The molecule has 1 aromatic carbocycles. The fourth-order valence-corrected chi connectivity index (χ4v) is 3.46. The zero-order valence-electron chi connectivity index (χ0n) is 15.4. The average molecular weight is 387 g/mol. The number of furan rings is 1. The summed E-state index contributed by atoms with van der Waals surface area (Å²) >= 11 is 1.50. The van der Waals surface area contributed by atoms with E-state index in [1.54, 1.807) is 20.5 Å². The molecule has 0 bridgehead atoms. The molecule has 7 nitrogen and oxygen atoms in total. The van der Waals surface area contributed by atoms with Crippen LogP contribution in [-0.4, -0.2) is 25.2 Å². The topological polar surface area (TPSA) is 85.6 Å². The third kappa shape index (κ3) is 4.59. The summed E-state index contributed by atoms with van der Waals surface area (Å²) in [6, 6.07) is 8.96. The minimum atomic E-state index is -0.253. The van der Waals surface area contributed by atoms with E-state index in [1.807, 2.05) is 37.3 Å². The van der Waals surface area contributed by atoms with Gasteiger partial charge in [0.05, 0.1) is 32.7 Å². The Hall–Kier alpha value is -3.00. The number of urea groups is 1. The lowest BCUT2D eigenvalue weighted by molar-refractivity contribution is 0.240. The fourth-order valence-electron chi connectivity index (χ4n) is 2.49. The van der Waals surface area contributed by atoms with Crippen LogP contribution in [-0.2, 0) is 13.1 Å². The number of hydrogen-bond donors (Lipinski definition) is 2. The predicted octanol–water partition coefficient (Wildman–Crippen LogP) is 3.73. The molecule has 0 aliphatic carbocycles. The van der Waals surface area contributed by atoms with Gasteiger partial charge in [-0.1, -0.05) is 6.07 Å². The van der Waals surface area contributed by atoms with Gasteiger partial charge >= 0.3 is 6.03 Å². The maximum Gasteiger partial charge on any atom is 0.315 e. The minimum Gasteiger partial charge on any atom is -0.493 e. The number of hydrogen-bond acceptors (Lipinski definition) is 6. The van der Waals surface area contributed by atoms with E-state index in [-0.39, 0.29) is 6.03 Å². The molecule has 27 heavy (non-hydrogen) atoms. The Labute approximate surface area is 161 Å². The van der Waals surface area contributed by atoms with Crippen molar-refractivity contribution >= 4 is 17.4 Å². The van der Waals surface area contributed by atoms with Crippen LogP contribution in [0, 0.1) is 6.92 Å². The molecule has 0 atom stereocenters. The van der Waals surface area contributed by atoms with Crippen LogP contribution in [0.1, 0.15) is 16.1 Å². The molecule has 0 radical (unpaired) electrons. The quantitative estimate of drug-likeness (QED) is 0.645.